The molecule has 160 valence electrons. The maximum atomic E-state index is 11.8. The number of carbonyl (C=O) groups excluding carboxylic acids is 3. The second kappa shape index (κ2) is 11.5. The van der Waals surface area contributed by atoms with Crippen LogP contribution in [0.1, 0.15) is 35.7 Å². The third kappa shape index (κ3) is 7.46. The van der Waals surface area contributed by atoms with Gasteiger partial charge >= 0.3 is 0 Å². The van der Waals surface area contributed by atoms with Crippen LogP contribution in [0.4, 0.5) is 0 Å². The molecule has 2 amide bonds. The summed E-state index contributed by atoms with van der Waals surface area (Å²) >= 11 is 0. The summed E-state index contributed by atoms with van der Waals surface area (Å²) in [7, 11) is 1.49. The lowest BCUT2D eigenvalue weighted by Crippen LogP contribution is -2.43. The van der Waals surface area contributed by atoms with Crippen LogP contribution in [-0.4, -0.2) is 37.9 Å². The predicted octanol–water partition coefficient (Wildman–Crippen LogP) is 2.59. The van der Waals surface area contributed by atoms with Gasteiger partial charge in [0.2, 0.25) is 5.91 Å². The van der Waals surface area contributed by atoms with Gasteiger partial charge in [0.15, 0.2) is 23.9 Å². The van der Waals surface area contributed by atoms with Crippen molar-refractivity contribution in [1.82, 2.24) is 10.9 Å². The van der Waals surface area contributed by atoms with Gasteiger partial charge in [0.25, 0.3) is 5.91 Å². The number of ether oxygens (including phenoxy) is 3. The number of Topliss-reactive ketones (excluding diaryl/α,β-unsaturated/α-hetero) is 1. The quantitative estimate of drug-likeness (QED) is 0.352. The molecule has 2 N–H and O–H groups in total. The van der Waals surface area contributed by atoms with E-state index in [1.165, 1.54) is 14.0 Å². The zero-order chi connectivity index (χ0) is 21.9. The van der Waals surface area contributed by atoms with Crippen molar-refractivity contribution < 1.29 is 28.6 Å². The van der Waals surface area contributed by atoms with E-state index < -0.39 is 5.91 Å². The van der Waals surface area contributed by atoms with Gasteiger partial charge < -0.3 is 14.2 Å². The molecule has 8 nitrogen and oxygen atoms in total. The van der Waals surface area contributed by atoms with Crippen molar-refractivity contribution in [3.63, 3.8) is 0 Å². The highest BCUT2D eigenvalue weighted by Crippen LogP contribution is 2.28. The number of hydrogen-bond acceptors (Lipinski definition) is 6. The van der Waals surface area contributed by atoms with Crippen LogP contribution in [0.3, 0.4) is 0 Å². The highest BCUT2D eigenvalue weighted by molar-refractivity contribution is 5.94. The van der Waals surface area contributed by atoms with Gasteiger partial charge in [-0.15, -0.1) is 0 Å². The molecular weight excluding hydrogens is 388 g/mol. The minimum absolute atomic E-state index is 0.0668. The van der Waals surface area contributed by atoms with Gasteiger partial charge in [0.1, 0.15) is 5.75 Å². The molecule has 0 heterocycles. The number of carbonyl (C=O) groups is 3. The van der Waals surface area contributed by atoms with Crippen molar-refractivity contribution >= 4 is 17.6 Å². The van der Waals surface area contributed by atoms with Crippen LogP contribution in [-0.2, 0) is 9.59 Å². The fourth-order valence-electron chi connectivity index (χ4n) is 2.51. The van der Waals surface area contributed by atoms with Gasteiger partial charge in [0.05, 0.1) is 13.7 Å². The van der Waals surface area contributed by atoms with E-state index >= 15 is 0 Å². The summed E-state index contributed by atoms with van der Waals surface area (Å²) in [5.74, 6) is 0.651. The lowest BCUT2D eigenvalue weighted by Gasteiger charge is -2.12. The minimum Gasteiger partial charge on any atom is -0.493 e. The van der Waals surface area contributed by atoms with E-state index in [1.807, 2.05) is 25.1 Å². The molecule has 2 rings (SSSR count). The molecule has 0 fully saturated rings. The molecule has 0 aromatic heterocycles. The summed E-state index contributed by atoms with van der Waals surface area (Å²) in [4.78, 5) is 35.0. The van der Waals surface area contributed by atoms with Gasteiger partial charge in [-0.05, 0) is 56.2 Å². The van der Waals surface area contributed by atoms with Crippen molar-refractivity contribution in [2.75, 3.05) is 20.3 Å². The number of hydrogen-bond donors (Lipinski definition) is 2. The summed E-state index contributed by atoms with van der Waals surface area (Å²) in [6.07, 6.45) is 0.589. The fourth-order valence-corrected chi connectivity index (χ4v) is 2.51. The normalized spacial score (nSPS) is 10.1. The highest BCUT2D eigenvalue weighted by Gasteiger charge is 2.09. The number of benzene rings is 2. The van der Waals surface area contributed by atoms with Gasteiger partial charge in [-0.3, -0.25) is 25.2 Å². The molecule has 0 saturated heterocycles. The number of aryl methyl sites for hydroxylation is 1. The summed E-state index contributed by atoms with van der Waals surface area (Å²) in [6.45, 7) is 3.46. The third-order valence-corrected chi connectivity index (χ3v) is 4.08. The zero-order valence-corrected chi connectivity index (χ0v) is 17.3. The maximum Gasteiger partial charge on any atom is 0.276 e. The Morgan fingerprint density at radius 2 is 1.70 bits per heavy atom. The Labute approximate surface area is 175 Å². The van der Waals surface area contributed by atoms with Crippen LogP contribution in [0.25, 0.3) is 0 Å². The Morgan fingerprint density at radius 3 is 2.40 bits per heavy atom. The van der Waals surface area contributed by atoms with E-state index in [9.17, 15) is 14.4 Å². The van der Waals surface area contributed by atoms with Crippen molar-refractivity contribution in [2.24, 2.45) is 0 Å². The molecule has 2 aromatic rings. The monoisotopic (exact) mass is 414 g/mol. The van der Waals surface area contributed by atoms with Gasteiger partial charge in [-0.1, -0.05) is 12.1 Å². The van der Waals surface area contributed by atoms with Crippen molar-refractivity contribution in [3.8, 4) is 17.2 Å². The van der Waals surface area contributed by atoms with Gasteiger partial charge in [-0.25, -0.2) is 0 Å². The van der Waals surface area contributed by atoms with Gasteiger partial charge in [-0.2, -0.15) is 0 Å². The first kappa shape index (κ1) is 22.7. The highest BCUT2D eigenvalue weighted by atomic mass is 16.5. The van der Waals surface area contributed by atoms with Crippen LogP contribution in [0.15, 0.2) is 42.5 Å². The molecule has 0 bridgehead atoms. The molecule has 0 spiro atoms. The number of methoxy groups -OCH3 is 1. The molecule has 0 unspecified atom stereocenters. The van der Waals surface area contributed by atoms with Crippen LogP contribution in [0.2, 0.25) is 0 Å². The lowest BCUT2D eigenvalue weighted by atomic mass is 10.1. The average molecular weight is 414 g/mol. The van der Waals surface area contributed by atoms with Crippen molar-refractivity contribution in [1.29, 1.82) is 0 Å². The number of hydrazine groups is 1. The van der Waals surface area contributed by atoms with Gasteiger partial charge in [0, 0.05) is 12.0 Å². The second-order valence-electron chi connectivity index (χ2n) is 6.58. The van der Waals surface area contributed by atoms with E-state index in [-0.39, 0.29) is 31.3 Å². The van der Waals surface area contributed by atoms with E-state index in [1.54, 1.807) is 24.3 Å². The summed E-state index contributed by atoms with van der Waals surface area (Å²) in [5, 5.41) is 0. The van der Waals surface area contributed by atoms with Crippen molar-refractivity contribution in [2.45, 2.75) is 26.7 Å². The van der Waals surface area contributed by atoms with Crippen LogP contribution >= 0.6 is 0 Å². The molecule has 0 aliphatic carbocycles. The molecule has 0 radical (unpaired) electrons. The summed E-state index contributed by atoms with van der Waals surface area (Å²) in [5.41, 5.74) is 6.19. The fraction of sp³-hybridized carbons (Fsp3) is 0.318. The van der Waals surface area contributed by atoms with Crippen LogP contribution < -0.4 is 25.1 Å². The Kier molecular flexibility index (Phi) is 8.68. The Hall–Kier alpha value is -3.55. The molecule has 2 aromatic carbocycles. The van der Waals surface area contributed by atoms with Crippen molar-refractivity contribution in [3.05, 3.63) is 53.6 Å². The maximum absolute atomic E-state index is 11.8. The Morgan fingerprint density at radius 1 is 0.933 bits per heavy atom. The largest absolute Gasteiger partial charge is 0.493 e. The first-order valence-corrected chi connectivity index (χ1v) is 9.48. The summed E-state index contributed by atoms with van der Waals surface area (Å²) in [6, 6.07) is 12.2. The Balaban J connectivity index is 1.65. The second-order valence-corrected chi connectivity index (χ2v) is 6.58. The van der Waals surface area contributed by atoms with E-state index in [0.29, 0.717) is 29.2 Å². The number of amides is 2. The number of ketones is 1. The zero-order valence-electron chi connectivity index (χ0n) is 17.3. The minimum atomic E-state index is -0.462. The smallest absolute Gasteiger partial charge is 0.276 e. The standard InChI is InChI=1S/C22H26N2O6/c1-15-6-4-7-18(12-15)30-14-22(27)24-23-21(26)8-5-11-29-19-10-9-17(16(2)25)13-20(19)28-3/h4,6-7,9-10,12-13H,5,8,11,14H2,1-3H3,(H,23,26)(H,24,27). The predicted molar refractivity (Wildman–Crippen MR) is 111 cm³/mol. The SMILES string of the molecule is COc1cc(C(C)=O)ccc1OCCCC(=O)NNC(=O)COc1cccc(C)c1. The third-order valence-electron chi connectivity index (χ3n) is 4.08. The molecular formula is C22H26N2O6. The van der Waals surface area contributed by atoms with E-state index in [0.717, 1.165) is 5.56 Å². The molecule has 0 atom stereocenters. The van der Waals surface area contributed by atoms with Crippen LogP contribution in [0, 0.1) is 6.92 Å². The van der Waals surface area contributed by atoms with Crippen LogP contribution in [0.5, 0.6) is 17.2 Å². The van der Waals surface area contributed by atoms with E-state index in [4.69, 9.17) is 14.2 Å². The first-order valence-electron chi connectivity index (χ1n) is 9.48. The number of rotatable bonds is 10. The average Bonchev–Trinajstić information content (AvgIpc) is 2.73. The topological polar surface area (TPSA) is 103 Å². The molecule has 0 aliphatic heterocycles. The molecule has 0 aliphatic rings. The molecule has 0 saturated carbocycles. The molecule has 30 heavy (non-hydrogen) atoms. The first-order chi connectivity index (χ1) is 14.4. The van der Waals surface area contributed by atoms with E-state index in [2.05, 4.69) is 10.9 Å². The number of nitrogens with one attached hydrogen (secondary N) is 2. The summed E-state index contributed by atoms with van der Waals surface area (Å²) < 4.78 is 16.2. The lowest BCUT2D eigenvalue weighted by molar-refractivity contribution is -0.130. The Bertz CT molecular complexity index is 897. The molecule has 8 heteroatoms.